The molecular formula is C35H25Br2Cl2N2O8+. The predicted molar refractivity (Wildman–Crippen MR) is 191 cm³/mol. The molecule has 1 aliphatic rings. The van der Waals surface area contributed by atoms with Gasteiger partial charge >= 0.3 is 29.6 Å². The number of hydrogen-bond donors (Lipinski definition) is 4. The SMILES string of the molecule is CC(=O)OC(=O)Cc1ccc(Cl)cc1.O=C(O)c1c(O)c(Cc2ccc(Cl)cc2)nc2c(Br)cccc12.O=C1C(O)=[NH+]c2c(Br)cccc21. The molecule has 0 amide bonds. The molecule has 14 heteroatoms. The third-order valence-corrected chi connectivity index (χ3v) is 8.55. The molecular weight excluding hydrogens is 807 g/mol. The second-order valence-electron chi connectivity index (χ2n) is 10.3. The number of carbonyl (C=O) groups excluding carboxylic acids is 3. The summed E-state index contributed by atoms with van der Waals surface area (Å²) in [6, 6.07) is 24.2. The van der Waals surface area contributed by atoms with Crippen LogP contribution in [0.1, 0.15) is 44.5 Å². The van der Waals surface area contributed by atoms with Gasteiger partial charge in [0.15, 0.2) is 5.75 Å². The molecule has 0 bridgehead atoms. The minimum Gasteiger partial charge on any atom is -0.505 e. The van der Waals surface area contributed by atoms with E-state index in [4.69, 9.17) is 28.3 Å². The van der Waals surface area contributed by atoms with Gasteiger partial charge in [-0.25, -0.2) is 9.78 Å². The number of pyridine rings is 1. The Hall–Kier alpha value is -4.62. The van der Waals surface area contributed by atoms with Crippen LogP contribution in [0.5, 0.6) is 5.75 Å². The number of ketones is 1. The molecule has 0 fully saturated rings. The number of carbonyl (C=O) groups is 4. The van der Waals surface area contributed by atoms with Gasteiger partial charge in [-0.1, -0.05) is 65.7 Å². The average molecular weight is 832 g/mol. The zero-order chi connectivity index (χ0) is 35.8. The zero-order valence-electron chi connectivity index (χ0n) is 25.3. The number of aromatic hydroxyl groups is 1. The lowest BCUT2D eigenvalue weighted by Gasteiger charge is -2.11. The van der Waals surface area contributed by atoms with E-state index in [-0.39, 0.29) is 29.4 Å². The summed E-state index contributed by atoms with van der Waals surface area (Å²) in [5, 5.41) is 30.5. The van der Waals surface area contributed by atoms with Gasteiger partial charge in [0.25, 0.3) is 0 Å². The van der Waals surface area contributed by atoms with Crippen LogP contribution in [0.4, 0.5) is 5.69 Å². The molecule has 10 nitrogen and oxygen atoms in total. The summed E-state index contributed by atoms with van der Waals surface area (Å²) < 4.78 is 5.82. The van der Waals surface area contributed by atoms with E-state index in [2.05, 4.69) is 46.6 Å². The molecule has 250 valence electrons. The number of halogens is 4. The molecule has 0 saturated carbocycles. The van der Waals surface area contributed by atoms with Gasteiger partial charge in [-0.05, 0) is 85.5 Å². The first-order chi connectivity index (χ1) is 23.2. The van der Waals surface area contributed by atoms with E-state index >= 15 is 0 Å². The lowest BCUT2D eigenvalue weighted by molar-refractivity contribution is -0.360. The highest BCUT2D eigenvalue weighted by atomic mass is 79.9. The molecule has 5 aromatic rings. The molecule has 0 unspecified atom stereocenters. The number of esters is 2. The fraction of sp³-hybridized carbons (Fsp3) is 0.0857. The van der Waals surface area contributed by atoms with Gasteiger partial charge in [0.05, 0.1) is 22.1 Å². The first kappa shape index (κ1) is 37.2. The van der Waals surface area contributed by atoms with Crippen molar-refractivity contribution in [2.24, 2.45) is 0 Å². The normalized spacial score (nSPS) is 11.4. The van der Waals surface area contributed by atoms with Crippen LogP contribution in [0.2, 0.25) is 10.0 Å². The van der Waals surface area contributed by atoms with Crippen LogP contribution >= 0.6 is 55.1 Å². The molecule has 49 heavy (non-hydrogen) atoms. The summed E-state index contributed by atoms with van der Waals surface area (Å²) in [5.41, 5.74) is 3.46. The summed E-state index contributed by atoms with van der Waals surface area (Å²) in [5.74, 6) is -3.31. The zero-order valence-corrected chi connectivity index (χ0v) is 30.0. The Kier molecular flexibility index (Phi) is 12.7. The smallest absolute Gasteiger partial charge is 0.414 e. The third-order valence-electron chi connectivity index (χ3n) is 6.75. The van der Waals surface area contributed by atoms with Gasteiger partial charge in [0, 0.05) is 33.2 Å². The van der Waals surface area contributed by atoms with E-state index in [1.54, 1.807) is 72.8 Å². The van der Waals surface area contributed by atoms with Crippen LogP contribution in [0.25, 0.3) is 10.9 Å². The molecule has 2 heterocycles. The van der Waals surface area contributed by atoms with Crippen molar-refractivity contribution >= 4 is 101 Å². The number of para-hydroxylation sites is 2. The lowest BCUT2D eigenvalue weighted by Crippen LogP contribution is -2.64. The largest absolute Gasteiger partial charge is 0.505 e. The van der Waals surface area contributed by atoms with E-state index in [9.17, 15) is 29.4 Å². The standard InChI is InChI=1S/C17H11BrClNO3.C10H9ClO3.C8H4BrNO2/c18-12-3-1-2-11-14(17(22)23)16(21)13(20-15(11)12)8-9-4-6-10(19)7-5-9;1-7(12)14-10(13)6-8-2-4-9(11)5-3-8;9-5-3-1-2-4-6(5)10-8(12)7(4)11/h1-7,21H,8H2,(H,22,23);2-5H,6H2,1H3;1-3H,(H,10,11,12)/p+1. The van der Waals surface area contributed by atoms with Crippen molar-refractivity contribution in [3.8, 4) is 5.75 Å². The van der Waals surface area contributed by atoms with Crippen LogP contribution in [-0.4, -0.2) is 49.9 Å². The van der Waals surface area contributed by atoms with Crippen LogP contribution in [-0.2, 0) is 27.2 Å². The fourth-order valence-corrected chi connectivity index (χ4v) is 5.71. The van der Waals surface area contributed by atoms with Crippen molar-refractivity contribution in [3.05, 3.63) is 132 Å². The fourth-order valence-electron chi connectivity index (χ4n) is 4.53. The number of carboxylic acids is 1. The maximum absolute atomic E-state index is 11.6. The minimum absolute atomic E-state index is 0.0801. The number of Topliss-reactive ketones (excluding diaryl/α,β-unsaturated/α-hetero) is 1. The van der Waals surface area contributed by atoms with E-state index < -0.39 is 17.9 Å². The van der Waals surface area contributed by atoms with E-state index in [0.29, 0.717) is 48.8 Å². The Labute approximate surface area is 306 Å². The molecule has 4 N–H and O–H groups in total. The Morgan fingerprint density at radius 1 is 0.837 bits per heavy atom. The minimum atomic E-state index is -1.19. The summed E-state index contributed by atoms with van der Waals surface area (Å²) in [6.07, 6.45) is 0.386. The number of aliphatic hydroxyl groups is 1. The van der Waals surface area contributed by atoms with Gasteiger partial charge in [-0.15, -0.1) is 0 Å². The third kappa shape index (κ3) is 9.73. The molecule has 0 radical (unpaired) electrons. The summed E-state index contributed by atoms with van der Waals surface area (Å²) in [6.45, 7) is 1.19. The van der Waals surface area contributed by atoms with Crippen molar-refractivity contribution in [1.29, 1.82) is 0 Å². The first-order valence-electron chi connectivity index (χ1n) is 14.1. The number of ether oxygens (including phenoxy) is 1. The summed E-state index contributed by atoms with van der Waals surface area (Å²) in [7, 11) is 0. The highest BCUT2D eigenvalue weighted by Crippen LogP contribution is 2.33. The predicted octanol–water partition coefficient (Wildman–Crippen LogP) is 6.93. The van der Waals surface area contributed by atoms with E-state index in [1.807, 2.05) is 12.1 Å². The average Bonchev–Trinajstić information content (AvgIpc) is 3.34. The van der Waals surface area contributed by atoms with Crippen molar-refractivity contribution in [2.75, 3.05) is 0 Å². The maximum Gasteiger partial charge on any atom is 0.414 e. The monoisotopic (exact) mass is 829 g/mol. The highest BCUT2D eigenvalue weighted by molar-refractivity contribution is 9.11. The van der Waals surface area contributed by atoms with Crippen LogP contribution in [0.3, 0.4) is 0 Å². The first-order valence-corrected chi connectivity index (χ1v) is 16.5. The molecule has 1 aliphatic heterocycles. The van der Waals surface area contributed by atoms with Gasteiger partial charge < -0.3 is 20.1 Å². The number of nitrogens with one attached hydrogen (secondary N) is 1. The van der Waals surface area contributed by atoms with Crippen LogP contribution < -0.4 is 4.99 Å². The Bertz CT molecular complexity index is 2100. The van der Waals surface area contributed by atoms with Crippen molar-refractivity contribution in [2.45, 2.75) is 19.8 Å². The summed E-state index contributed by atoms with van der Waals surface area (Å²) >= 11 is 18.2. The number of aromatic nitrogens is 1. The van der Waals surface area contributed by atoms with Crippen LogP contribution in [0, 0.1) is 0 Å². The number of rotatable bonds is 5. The number of benzene rings is 4. The van der Waals surface area contributed by atoms with Gasteiger partial charge in [0.2, 0.25) is 5.69 Å². The van der Waals surface area contributed by atoms with Gasteiger partial charge in [-0.3, -0.25) is 14.4 Å². The van der Waals surface area contributed by atoms with Gasteiger partial charge in [0.1, 0.15) is 11.1 Å². The Morgan fingerprint density at radius 3 is 1.98 bits per heavy atom. The number of hydrogen-bond acceptors (Lipinski definition) is 7. The van der Waals surface area contributed by atoms with E-state index in [0.717, 1.165) is 15.6 Å². The molecule has 1 aromatic heterocycles. The number of aliphatic hydroxyl groups excluding tert-OH is 1. The van der Waals surface area contributed by atoms with Crippen molar-refractivity contribution in [3.63, 3.8) is 0 Å². The Balaban J connectivity index is 0.000000178. The van der Waals surface area contributed by atoms with E-state index in [1.165, 1.54) is 6.92 Å². The number of aromatic carboxylic acids is 1. The molecule has 6 rings (SSSR count). The van der Waals surface area contributed by atoms with Crippen molar-refractivity contribution < 1.29 is 44.2 Å². The number of fused-ring (bicyclic) bond motifs is 2. The molecule has 0 saturated heterocycles. The quantitative estimate of drug-likeness (QED) is 0.109. The topological polar surface area (TPSA) is 165 Å². The molecule has 0 atom stereocenters. The molecule has 0 aliphatic carbocycles. The second kappa shape index (κ2) is 16.7. The van der Waals surface area contributed by atoms with Gasteiger partial charge in [-0.2, -0.15) is 4.99 Å². The lowest BCUT2D eigenvalue weighted by atomic mass is 10.0. The maximum atomic E-state index is 11.6. The number of carboxylic acid groups (broad SMARTS) is 1. The number of nitrogens with zero attached hydrogens (tertiary/aromatic N) is 1. The second-order valence-corrected chi connectivity index (χ2v) is 12.8. The van der Waals surface area contributed by atoms with Crippen LogP contribution in [0.15, 0.2) is 93.9 Å². The summed E-state index contributed by atoms with van der Waals surface area (Å²) in [4.78, 5) is 51.3. The highest BCUT2D eigenvalue weighted by Gasteiger charge is 2.32. The Morgan fingerprint density at radius 2 is 1.41 bits per heavy atom. The molecule has 4 aromatic carbocycles. The molecule has 0 spiro atoms. The van der Waals surface area contributed by atoms with Crippen molar-refractivity contribution in [1.82, 2.24) is 4.98 Å².